The highest BCUT2D eigenvalue weighted by atomic mass is 28.3. The van der Waals surface area contributed by atoms with E-state index in [-0.39, 0.29) is 5.91 Å². The summed E-state index contributed by atoms with van der Waals surface area (Å²) in [6, 6.07) is 5.67. The molecule has 21 heavy (non-hydrogen) atoms. The van der Waals surface area contributed by atoms with E-state index in [0.717, 1.165) is 17.0 Å². The third kappa shape index (κ3) is 2.95. The second kappa shape index (κ2) is 5.89. The van der Waals surface area contributed by atoms with Crippen LogP contribution >= 0.6 is 0 Å². The molecule has 0 spiro atoms. The number of rotatable bonds is 5. The number of oxime groups is 1. The van der Waals surface area contributed by atoms with Gasteiger partial charge in [0.25, 0.3) is 5.91 Å². The summed E-state index contributed by atoms with van der Waals surface area (Å²) in [6.45, 7) is 11.2. The minimum Gasteiger partial charge on any atom is -0.494 e. The zero-order valence-electron chi connectivity index (χ0n) is 13.3. The summed E-state index contributed by atoms with van der Waals surface area (Å²) in [5, 5.41) is 4.01. The van der Waals surface area contributed by atoms with Gasteiger partial charge >= 0.3 is 0 Å². The normalized spacial score (nSPS) is 16.3. The Kier molecular flexibility index (Phi) is 4.36. The van der Waals surface area contributed by atoms with Gasteiger partial charge in [0.05, 0.1) is 6.61 Å². The predicted octanol–water partition coefficient (Wildman–Crippen LogP) is 3.01. The van der Waals surface area contributed by atoms with Crippen molar-refractivity contribution in [3.8, 4) is 5.75 Å². The fraction of sp³-hybridized carbons (Fsp3) is 0.467. The minimum absolute atomic E-state index is 0.0775. The van der Waals surface area contributed by atoms with E-state index in [1.807, 2.05) is 36.6 Å². The van der Waals surface area contributed by atoms with Crippen LogP contribution in [0.4, 0.5) is 5.69 Å². The summed E-state index contributed by atoms with van der Waals surface area (Å²) in [5.41, 5.74) is 2.08. The Bertz CT molecular complexity index is 579. The SMILES string of the molecule is CCO/N=C1\C(=O)N([Si](C)(C)C)c2cc(OCC)ccc21. The van der Waals surface area contributed by atoms with Crippen LogP contribution in [0.2, 0.25) is 19.6 Å². The maximum absolute atomic E-state index is 12.7. The van der Waals surface area contributed by atoms with Crippen LogP contribution < -0.4 is 9.30 Å². The van der Waals surface area contributed by atoms with Crippen molar-refractivity contribution in [3.05, 3.63) is 23.8 Å². The quantitative estimate of drug-likeness (QED) is 0.620. The van der Waals surface area contributed by atoms with Crippen molar-refractivity contribution in [2.24, 2.45) is 5.16 Å². The number of nitrogens with zero attached hydrogens (tertiary/aromatic N) is 2. The van der Waals surface area contributed by atoms with Gasteiger partial charge in [0.15, 0.2) is 13.9 Å². The van der Waals surface area contributed by atoms with E-state index in [1.54, 1.807) is 0 Å². The van der Waals surface area contributed by atoms with E-state index in [4.69, 9.17) is 9.57 Å². The van der Waals surface area contributed by atoms with Crippen molar-refractivity contribution in [1.29, 1.82) is 0 Å². The van der Waals surface area contributed by atoms with E-state index < -0.39 is 8.24 Å². The molecule has 0 unspecified atom stereocenters. The van der Waals surface area contributed by atoms with Crippen LogP contribution in [0.25, 0.3) is 0 Å². The van der Waals surface area contributed by atoms with Crippen molar-refractivity contribution in [3.63, 3.8) is 0 Å². The lowest BCUT2D eigenvalue weighted by Crippen LogP contribution is -2.49. The number of benzene rings is 1. The first-order chi connectivity index (χ1) is 9.90. The molecular weight excluding hydrogens is 284 g/mol. The first kappa shape index (κ1) is 15.6. The van der Waals surface area contributed by atoms with Gasteiger partial charge < -0.3 is 14.1 Å². The largest absolute Gasteiger partial charge is 0.494 e. The Labute approximate surface area is 126 Å². The van der Waals surface area contributed by atoms with Crippen LogP contribution in [0.15, 0.2) is 23.4 Å². The summed E-state index contributed by atoms with van der Waals surface area (Å²) < 4.78 is 7.43. The zero-order valence-corrected chi connectivity index (χ0v) is 14.3. The van der Waals surface area contributed by atoms with Gasteiger partial charge in [-0.05, 0) is 26.0 Å². The number of carbonyl (C=O) groups is 1. The lowest BCUT2D eigenvalue weighted by Gasteiger charge is -2.30. The Hall–Kier alpha value is -1.82. The van der Waals surface area contributed by atoms with E-state index >= 15 is 0 Å². The zero-order chi connectivity index (χ0) is 15.6. The molecule has 1 amide bonds. The van der Waals surface area contributed by atoms with Gasteiger partial charge in [-0.25, -0.2) is 0 Å². The van der Waals surface area contributed by atoms with E-state index in [1.165, 1.54) is 0 Å². The maximum atomic E-state index is 12.7. The molecule has 0 fully saturated rings. The molecule has 0 aliphatic carbocycles. The fourth-order valence-corrected chi connectivity index (χ4v) is 3.99. The average Bonchev–Trinajstić information content (AvgIpc) is 2.67. The standard InChI is InChI=1S/C15H22N2O3Si/c1-6-19-11-8-9-12-13(10-11)17(21(3,4)5)15(18)14(12)16-20-7-2/h8-10H,6-7H2,1-5H3/b16-14-. The smallest absolute Gasteiger partial charge is 0.273 e. The van der Waals surface area contributed by atoms with E-state index in [0.29, 0.717) is 18.9 Å². The fourth-order valence-electron chi connectivity index (χ4n) is 2.37. The van der Waals surface area contributed by atoms with Crippen molar-refractivity contribution in [1.82, 2.24) is 0 Å². The van der Waals surface area contributed by atoms with Crippen LogP contribution in [0.5, 0.6) is 5.75 Å². The van der Waals surface area contributed by atoms with Gasteiger partial charge in [-0.2, -0.15) is 0 Å². The Morgan fingerprint density at radius 2 is 1.90 bits per heavy atom. The molecule has 1 aliphatic heterocycles. The second-order valence-electron chi connectivity index (χ2n) is 5.78. The molecule has 0 radical (unpaired) electrons. The van der Waals surface area contributed by atoms with Gasteiger partial charge in [-0.15, -0.1) is 0 Å². The highest BCUT2D eigenvalue weighted by Gasteiger charge is 2.41. The van der Waals surface area contributed by atoms with Gasteiger partial charge in [0.1, 0.15) is 12.4 Å². The molecule has 6 heteroatoms. The Morgan fingerprint density at radius 3 is 2.48 bits per heavy atom. The van der Waals surface area contributed by atoms with Crippen molar-refractivity contribution >= 4 is 25.5 Å². The third-order valence-electron chi connectivity index (χ3n) is 3.14. The van der Waals surface area contributed by atoms with Crippen LogP contribution in [0.1, 0.15) is 19.4 Å². The molecule has 0 saturated carbocycles. The number of carbonyl (C=O) groups excluding carboxylic acids is 1. The first-order valence-electron chi connectivity index (χ1n) is 7.21. The molecule has 1 aromatic carbocycles. The summed E-state index contributed by atoms with van der Waals surface area (Å²) >= 11 is 0. The summed E-state index contributed by atoms with van der Waals surface area (Å²) in [6.07, 6.45) is 0. The summed E-state index contributed by atoms with van der Waals surface area (Å²) in [4.78, 5) is 17.8. The molecule has 1 aromatic rings. The Morgan fingerprint density at radius 1 is 1.19 bits per heavy atom. The molecular formula is C15H22N2O3Si. The maximum Gasteiger partial charge on any atom is 0.273 e. The molecule has 5 nitrogen and oxygen atoms in total. The number of fused-ring (bicyclic) bond motifs is 1. The van der Waals surface area contributed by atoms with E-state index in [9.17, 15) is 4.79 Å². The van der Waals surface area contributed by atoms with Crippen LogP contribution in [0, 0.1) is 0 Å². The highest BCUT2D eigenvalue weighted by molar-refractivity contribution is 6.87. The van der Waals surface area contributed by atoms with Crippen LogP contribution in [0.3, 0.4) is 0 Å². The number of amides is 1. The summed E-state index contributed by atoms with van der Waals surface area (Å²) in [5.74, 6) is 0.691. The summed E-state index contributed by atoms with van der Waals surface area (Å²) in [7, 11) is -1.87. The Balaban J connectivity index is 2.54. The molecule has 114 valence electrons. The average molecular weight is 306 g/mol. The van der Waals surface area contributed by atoms with Gasteiger partial charge in [-0.3, -0.25) is 4.79 Å². The first-order valence-corrected chi connectivity index (χ1v) is 10.7. The number of hydrogen-bond acceptors (Lipinski definition) is 4. The molecule has 0 aromatic heterocycles. The van der Waals surface area contributed by atoms with E-state index in [2.05, 4.69) is 24.8 Å². The monoisotopic (exact) mass is 306 g/mol. The molecule has 0 saturated heterocycles. The van der Waals surface area contributed by atoms with Gasteiger partial charge in [0.2, 0.25) is 0 Å². The number of ether oxygens (including phenoxy) is 1. The van der Waals surface area contributed by atoms with Crippen LogP contribution in [-0.2, 0) is 9.63 Å². The molecule has 2 rings (SSSR count). The lowest BCUT2D eigenvalue weighted by atomic mass is 10.1. The second-order valence-corrected chi connectivity index (χ2v) is 10.6. The van der Waals surface area contributed by atoms with Gasteiger partial charge in [0, 0.05) is 17.3 Å². The molecule has 0 atom stereocenters. The molecule has 0 bridgehead atoms. The molecule has 1 heterocycles. The molecule has 0 N–H and O–H groups in total. The predicted molar refractivity (Wildman–Crippen MR) is 86.6 cm³/mol. The lowest BCUT2D eigenvalue weighted by molar-refractivity contribution is -0.111. The van der Waals surface area contributed by atoms with Crippen LogP contribution in [-0.4, -0.2) is 33.1 Å². The van der Waals surface area contributed by atoms with Gasteiger partial charge in [-0.1, -0.05) is 24.8 Å². The highest BCUT2D eigenvalue weighted by Crippen LogP contribution is 2.36. The van der Waals surface area contributed by atoms with Crippen molar-refractivity contribution < 1.29 is 14.4 Å². The van der Waals surface area contributed by atoms with Crippen molar-refractivity contribution in [2.75, 3.05) is 17.8 Å². The number of hydrogen-bond donors (Lipinski definition) is 0. The third-order valence-corrected chi connectivity index (χ3v) is 4.92. The number of anilines is 1. The minimum atomic E-state index is -1.87. The van der Waals surface area contributed by atoms with Crippen molar-refractivity contribution in [2.45, 2.75) is 33.5 Å². The topological polar surface area (TPSA) is 51.1 Å². The molecule has 1 aliphatic rings.